The molecule has 0 bridgehead atoms. The molecule has 0 N–H and O–H groups in total. The Hall–Kier alpha value is -2.44. The summed E-state index contributed by atoms with van der Waals surface area (Å²) < 4.78 is 21.6. The highest BCUT2D eigenvalue weighted by Gasteiger charge is 2.36. The topological polar surface area (TPSA) is 74.3 Å². The summed E-state index contributed by atoms with van der Waals surface area (Å²) in [5.74, 6) is 0.708. The van der Waals surface area contributed by atoms with Gasteiger partial charge in [-0.3, -0.25) is 4.79 Å². The molecule has 0 aromatic heterocycles. The summed E-state index contributed by atoms with van der Waals surface area (Å²) in [6.07, 6.45) is 3.78. The quantitative estimate of drug-likeness (QED) is 0.583. The van der Waals surface area contributed by atoms with Gasteiger partial charge in [0.05, 0.1) is 33.9 Å². The number of benzene rings is 1. The molecule has 0 aliphatic carbocycles. The molecule has 1 aromatic carbocycles. The van der Waals surface area contributed by atoms with Crippen molar-refractivity contribution < 1.29 is 28.5 Å². The number of piperidine rings is 1. The molecule has 1 fully saturated rings. The zero-order valence-corrected chi connectivity index (χ0v) is 18.2. The number of hydrogen-bond acceptors (Lipinski definition) is 6. The number of likely N-dealkylation sites (tertiary alicyclic amines) is 1. The van der Waals surface area contributed by atoms with E-state index < -0.39 is 12.0 Å². The number of hydrogen-bond donors (Lipinski definition) is 0. The largest absolute Gasteiger partial charge is 0.493 e. The fourth-order valence-corrected chi connectivity index (χ4v) is 3.79. The van der Waals surface area contributed by atoms with Gasteiger partial charge in [-0.25, -0.2) is 4.79 Å². The van der Waals surface area contributed by atoms with Crippen LogP contribution in [0.25, 0.3) is 0 Å². The molecule has 0 saturated carbocycles. The third-order valence-corrected chi connectivity index (χ3v) is 5.30. The molecule has 7 nitrogen and oxygen atoms in total. The van der Waals surface area contributed by atoms with E-state index in [9.17, 15) is 9.59 Å². The molecule has 1 amide bonds. The molecule has 2 rings (SSSR count). The molecular formula is C22H33NO6. The maximum atomic E-state index is 13.5. The van der Waals surface area contributed by atoms with Gasteiger partial charge in [-0.1, -0.05) is 13.8 Å². The highest BCUT2D eigenvalue weighted by molar-refractivity contribution is 5.89. The van der Waals surface area contributed by atoms with Crippen LogP contribution in [-0.4, -0.2) is 57.3 Å². The van der Waals surface area contributed by atoms with Crippen molar-refractivity contribution in [1.82, 2.24) is 4.90 Å². The summed E-state index contributed by atoms with van der Waals surface area (Å²) in [5, 5.41) is 0. The monoisotopic (exact) mass is 407 g/mol. The first-order chi connectivity index (χ1) is 14.0. The number of esters is 1. The lowest BCUT2D eigenvalue weighted by atomic mass is 9.91. The van der Waals surface area contributed by atoms with E-state index in [1.807, 2.05) is 26.0 Å². The Bertz CT molecular complexity index is 680. The average molecular weight is 408 g/mol. The van der Waals surface area contributed by atoms with E-state index in [1.165, 1.54) is 0 Å². The van der Waals surface area contributed by atoms with Gasteiger partial charge in [-0.2, -0.15) is 0 Å². The van der Waals surface area contributed by atoms with Crippen LogP contribution in [0.4, 0.5) is 0 Å². The number of ether oxygens (including phenoxy) is 4. The molecule has 1 aliphatic heterocycles. The molecule has 0 radical (unpaired) electrons. The lowest BCUT2D eigenvalue weighted by Crippen LogP contribution is -2.50. The molecule has 0 spiro atoms. The Labute approximate surface area is 173 Å². The van der Waals surface area contributed by atoms with Gasteiger partial charge in [0.15, 0.2) is 11.5 Å². The Morgan fingerprint density at radius 3 is 2.24 bits per heavy atom. The molecule has 1 saturated heterocycles. The minimum atomic E-state index is -0.515. The van der Waals surface area contributed by atoms with E-state index in [4.69, 9.17) is 18.9 Å². The van der Waals surface area contributed by atoms with Gasteiger partial charge in [0, 0.05) is 6.54 Å². The van der Waals surface area contributed by atoms with Gasteiger partial charge in [0.2, 0.25) is 11.7 Å². The van der Waals surface area contributed by atoms with Gasteiger partial charge in [-0.15, -0.1) is 0 Å². The van der Waals surface area contributed by atoms with E-state index >= 15 is 0 Å². The van der Waals surface area contributed by atoms with Gasteiger partial charge >= 0.3 is 5.97 Å². The van der Waals surface area contributed by atoms with Crippen molar-refractivity contribution in [2.24, 2.45) is 0 Å². The van der Waals surface area contributed by atoms with Crippen LogP contribution in [-0.2, 0) is 14.3 Å². The van der Waals surface area contributed by atoms with E-state index in [-0.39, 0.29) is 11.9 Å². The number of carbonyl (C=O) groups excluding carboxylic acids is 2. The summed E-state index contributed by atoms with van der Waals surface area (Å²) in [5.41, 5.74) is 0.776. The zero-order valence-electron chi connectivity index (χ0n) is 18.2. The van der Waals surface area contributed by atoms with Crippen LogP contribution >= 0.6 is 0 Å². The third-order valence-electron chi connectivity index (χ3n) is 5.30. The first-order valence-corrected chi connectivity index (χ1v) is 10.3. The highest BCUT2D eigenvalue weighted by Crippen LogP contribution is 2.41. The van der Waals surface area contributed by atoms with Crippen molar-refractivity contribution in [1.29, 1.82) is 0 Å². The van der Waals surface area contributed by atoms with E-state index in [1.54, 1.807) is 26.2 Å². The van der Waals surface area contributed by atoms with Crippen LogP contribution in [0.3, 0.4) is 0 Å². The maximum absolute atomic E-state index is 13.5. The van der Waals surface area contributed by atoms with Crippen molar-refractivity contribution >= 4 is 11.9 Å². The summed E-state index contributed by atoms with van der Waals surface area (Å²) in [4.78, 5) is 27.7. The van der Waals surface area contributed by atoms with Crippen LogP contribution in [0.5, 0.6) is 17.2 Å². The van der Waals surface area contributed by atoms with Crippen molar-refractivity contribution in [2.45, 2.75) is 57.9 Å². The second kappa shape index (κ2) is 10.9. The number of nitrogens with zero attached hydrogens (tertiary/aromatic N) is 1. The van der Waals surface area contributed by atoms with Crippen LogP contribution in [0.1, 0.15) is 57.4 Å². The van der Waals surface area contributed by atoms with Crippen molar-refractivity contribution in [2.75, 3.05) is 34.5 Å². The lowest BCUT2D eigenvalue weighted by molar-refractivity contribution is -0.157. The zero-order chi connectivity index (χ0) is 21.4. The Morgan fingerprint density at radius 1 is 1.07 bits per heavy atom. The third kappa shape index (κ3) is 5.14. The van der Waals surface area contributed by atoms with Gasteiger partial charge in [0.25, 0.3) is 0 Å². The standard InChI is InChI=1S/C22H33NO6/c1-6-12-29-22(25)17-10-8-9-11-23(17)21(24)16(7-2)15-13-18(26-3)20(28-5)19(14-15)27-4/h13-14,16-17H,6-12H2,1-5H3/t16-,17-/m0/s1. The number of rotatable bonds is 9. The summed E-state index contributed by atoms with van der Waals surface area (Å²) in [6, 6.07) is 3.10. The van der Waals surface area contributed by atoms with Crippen LogP contribution in [0.2, 0.25) is 0 Å². The predicted octanol–water partition coefficient (Wildman–Crippen LogP) is 3.54. The minimum Gasteiger partial charge on any atom is -0.493 e. The molecule has 1 aliphatic rings. The summed E-state index contributed by atoms with van der Waals surface area (Å²) in [6.45, 7) is 4.85. The Balaban J connectivity index is 2.34. The average Bonchev–Trinajstić information content (AvgIpc) is 2.76. The molecular weight excluding hydrogens is 374 g/mol. The Morgan fingerprint density at radius 2 is 1.72 bits per heavy atom. The van der Waals surface area contributed by atoms with Crippen LogP contribution < -0.4 is 14.2 Å². The van der Waals surface area contributed by atoms with Gasteiger partial charge in [-0.05, 0) is 49.8 Å². The smallest absolute Gasteiger partial charge is 0.328 e. The van der Waals surface area contributed by atoms with Crippen molar-refractivity contribution in [3.05, 3.63) is 17.7 Å². The van der Waals surface area contributed by atoms with Gasteiger partial charge < -0.3 is 23.8 Å². The molecule has 1 aromatic rings. The lowest BCUT2D eigenvalue weighted by Gasteiger charge is -2.36. The number of methoxy groups -OCH3 is 3. The SMILES string of the molecule is CCCOC(=O)[C@@H]1CCCCN1C(=O)[C@@H](CC)c1cc(OC)c(OC)c(OC)c1. The highest BCUT2D eigenvalue weighted by atomic mass is 16.5. The molecule has 1 heterocycles. The van der Waals surface area contributed by atoms with E-state index in [2.05, 4.69) is 0 Å². The first-order valence-electron chi connectivity index (χ1n) is 10.3. The summed E-state index contributed by atoms with van der Waals surface area (Å²) >= 11 is 0. The van der Waals surface area contributed by atoms with Crippen molar-refractivity contribution in [3.8, 4) is 17.2 Å². The second-order valence-electron chi connectivity index (χ2n) is 7.13. The maximum Gasteiger partial charge on any atom is 0.328 e. The normalized spacial score (nSPS) is 17.4. The Kier molecular flexibility index (Phi) is 8.61. The molecule has 0 unspecified atom stereocenters. The van der Waals surface area contributed by atoms with E-state index in [0.717, 1.165) is 24.8 Å². The predicted molar refractivity (Wildman–Crippen MR) is 110 cm³/mol. The molecule has 29 heavy (non-hydrogen) atoms. The summed E-state index contributed by atoms with van der Waals surface area (Å²) in [7, 11) is 4.64. The first kappa shape index (κ1) is 22.8. The second-order valence-corrected chi connectivity index (χ2v) is 7.13. The minimum absolute atomic E-state index is 0.0695. The number of amides is 1. The van der Waals surface area contributed by atoms with Crippen LogP contribution in [0, 0.1) is 0 Å². The fraction of sp³-hybridized carbons (Fsp3) is 0.636. The number of carbonyl (C=O) groups is 2. The molecule has 7 heteroatoms. The fourth-order valence-electron chi connectivity index (χ4n) is 3.79. The van der Waals surface area contributed by atoms with E-state index in [0.29, 0.717) is 43.2 Å². The molecule has 2 atom stereocenters. The molecule has 162 valence electrons. The van der Waals surface area contributed by atoms with Crippen LogP contribution in [0.15, 0.2) is 12.1 Å². The van der Waals surface area contributed by atoms with Gasteiger partial charge in [0.1, 0.15) is 6.04 Å². The van der Waals surface area contributed by atoms with Crippen molar-refractivity contribution in [3.63, 3.8) is 0 Å².